The van der Waals surface area contributed by atoms with Crippen LogP contribution in [0.4, 0.5) is 0 Å². The van der Waals surface area contributed by atoms with Crippen LogP contribution in [0.1, 0.15) is 41.5 Å². The van der Waals surface area contributed by atoms with Crippen molar-refractivity contribution in [2.24, 2.45) is 17.6 Å². The Morgan fingerprint density at radius 3 is 1.28 bits per heavy atom. The van der Waals surface area contributed by atoms with Gasteiger partial charge in [-0.1, -0.05) is 27.7 Å². The van der Waals surface area contributed by atoms with Gasteiger partial charge in [0.2, 0.25) is 17.7 Å². The van der Waals surface area contributed by atoms with E-state index in [9.17, 15) is 29.4 Å². The fraction of sp³-hybridized carbons (Fsp3) is 0.778. The van der Waals surface area contributed by atoms with Crippen LogP contribution in [0.25, 0.3) is 0 Å². The Balaban J connectivity index is 5.37. The lowest BCUT2D eigenvalue weighted by atomic mass is 9.98. The van der Waals surface area contributed by atoms with Crippen molar-refractivity contribution in [3.8, 4) is 0 Å². The second-order valence-electron chi connectivity index (χ2n) is 7.79. The summed E-state index contributed by atoms with van der Waals surface area (Å²) in [6.07, 6.45) is -2.46. The molecule has 29 heavy (non-hydrogen) atoms. The predicted octanol–water partition coefficient (Wildman–Crippen LogP) is -2.07. The van der Waals surface area contributed by atoms with Crippen molar-refractivity contribution in [2.45, 2.75) is 77.9 Å². The van der Waals surface area contributed by atoms with Crippen molar-refractivity contribution >= 4 is 23.7 Å². The van der Waals surface area contributed by atoms with Crippen molar-refractivity contribution in [3.63, 3.8) is 0 Å². The van der Waals surface area contributed by atoms with E-state index in [2.05, 4.69) is 16.0 Å². The lowest BCUT2D eigenvalue weighted by Gasteiger charge is -2.29. The largest absolute Gasteiger partial charge is 0.480 e. The molecule has 0 aliphatic heterocycles. The number of rotatable bonds is 11. The molecular weight excluding hydrogens is 384 g/mol. The number of amides is 3. The maximum Gasteiger partial charge on any atom is 0.328 e. The van der Waals surface area contributed by atoms with Gasteiger partial charge >= 0.3 is 5.97 Å². The fourth-order valence-electron chi connectivity index (χ4n) is 2.41. The Morgan fingerprint density at radius 2 is 1.00 bits per heavy atom. The van der Waals surface area contributed by atoms with Crippen molar-refractivity contribution in [1.29, 1.82) is 0 Å². The van der Waals surface area contributed by atoms with Crippen molar-refractivity contribution in [2.75, 3.05) is 0 Å². The summed E-state index contributed by atoms with van der Waals surface area (Å²) >= 11 is 0. The molecule has 11 nitrogen and oxygen atoms in total. The van der Waals surface area contributed by atoms with E-state index in [4.69, 9.17) is 10.8 Å². The zero-order valence-corrected chi connectivity index (χ0v) is 17.7. The van der Waals surface area contributed by atoms with Crippen LogP contribution in [0, 0.1) is 11.8 Å². The van der Waals surface area contributed by atoms with Crippen LogP contribution in [-0.4, -0.2) is 75.4 Å². The van der Waals surface area contributed by atoms with Crippen LogP contribution >= 0.6 is 0 Å². The van der Waals surface area contributed by atoms with E-state index in [0.717, 1.165) is 0 Å². The minimum Gasteiger partial charge on any atom is -0.480 e. The Bertz CT molecular complexity index is 593. The van der Waals surface area contributed by atoms with Gasteiger partial charge in [0.1, 0.15) is 18.1 Å². The molecule has 0 aromatic heterocycles. The Labute approximate surface area is 170 Å². The quantitative estimate of drug-likeness (QED) is 0.199. The summed E-state index contributed by atoms with van der Waals surface area (Å²) in [4.78, 5) is 48.5. The molecule has 6 atom stereocenters. The molecule has 0 saturated heterocycles. The van der Waals surface area contributed by atoms with Gasteiger partial charge in [-0.15, -0.1) is 0 Å². The lowest BCUT2D eigenvalue weighted by molar-refractivity contribution is -0.145. The lowest BCUT2D eigenvalue weighted by Crippen LogP contribution is -2.61. The molecule has 0 aromatic carbocycles. The van der Waals surface area contributed by atoms with E-state index in [1.807, 2.05) is 0 Å². The van der Waals surface area contributed by atoms with E-state index in [0.29, 0.717) is 0 Å². The van der Waals surface area contributed by atoms with Crippen LogP contribution in [0.15, 0.2) is 0 Å². The Hall–Kier alpha value is -2.24. The highest BCUT2D eigenvalue weighted by atomic mass is 16.4. The SMILES string of the molecule is CC(C)C(NC(=O)C(N)C(C)O)C(=O)NC(C(=O)NC(C(=O)O)C(C)O)C(C)C. The molecule has 0 fully saturated rings. The molecule has 168 valence electrons. The maximum atomic E-state index is 12.7. The molecule has 0 heterocycles. The smallest absolute Gasteiger partial charge is 0.328 e. The second kappa shape index (κ2) is 11.7. The molecule has 0 rings (SSSR count). The van der Waals surface area contributed by atoms with E-state index >= 15 is 0 Å². The topological polar surface area (TPSA) is 191 Å². The molecule has 0 aliphatic rings. The highest BCUT2D eigenvalue weighted by molar-refractivity contribution is 5.94. The summed E-state index contributed by atoms with van der Waals surface area (Å²) in [6.45, 7) is 9.21. The molecule has 6 unspecified atom stereocenters. The number of carbonyl (C=O) groups is 4. The van der Waals surface area contributed by atoms with Crippen LogP contribution in [-0.2, 0) is 19.2 Å². The first-order valence-corrected chi connectivity index (χ1v) is 9.46. The Kier molecular flexibility index (Phi) is 10.8. The number of carboxylic acid groups (broad SMARTS) is 1. The Morgan fingerprint density at radius 1 is 0.655 bits per heavy atom. The molecule has 8 N–H and O–H groups in total. The van der Waals surface area contributed by atoms with Crippen molar-refractivity contribution < 1.29 is 34.5 Å². The zero-order chi connectivity index (χ0) is 23.0. The molecule has 3 amide bonds. The molecule has 0 bridgehead atoms. The minimum atomic E-state index is -1.54. The van der Waals surface area contributed by atoms with E-state index in [1.165, 1.54) is 13.8 Å². The van der Waals surface area contributed by atoms with Gasteiger partial charge in [0, 0.05) is 0 Å². The molecule has 0 radical (unpaired) electrons. The van der Waals surface area contributed by atoms with Gasteiger partial charge in [0.15, 0.2) is 6.04 Å². The number of hydrogen-bond donors (Lipinski definition) is 7. The first-order valence-electron chi connectivity index (χ1n) is 9.46. The molecule has 0 saturated carbocycles. The molecule has 0 spiro atoms. The maximum absolute atomic E-state index is 12.7. The van der Waals surface area contributed by atoms with E-state index in [1.54, 1.807) is 27.7 Å². The standard InChI is InChI=1S/C18H34N4O7/c1-7(2)12(20-15(25)11(19)9(5)23)16(26)21-13(8(3)4)17(27)22-14(10(6)24)18(28)29/h7-14,23-24H,19H2,1-6H3,(H,20,25)(H,21,26)(H,22,27)(H,28,29). The van der Waals surface area contributed by atoms with E-state index < -0.39 is 66.0 Å². The number of aliphatic hydroxyl groups excluding tert-OH is 2. The van der Waals surface area contributed by atoms with Gasteiger partial charge in [-0.3, -0.25) is 14.4 Å². The molecular formula is C18H34N4O7. The summed E-state index contributed by atoms with van der Waals surface area (Å²) < 4.78 is 0. The van der Waals surface area contributed by atoms with Crippen LogP contribution in [0.5, 0.6) is 0 Å². The average Bonchev–Trinajstić information content (AvgIpc) is 2.59. The fourth-order valence-corrected chi connectivity index (χ4v) is 2.41. The third kappa shape index (κ3) is 8.34. The summed E-state index contributed by atoms with van der Waals surface area (Å²) in [5.74, 6) is -4.35. The summed E-state index contributed by atoms with van der Waals surface area (Å²) in [5.41, 5.74) is 5.58. The van der Waals surface area contributed by atoms with E-state index in [-0.39, 0.29) is 5.92 Å². The normalized spacial score (nSPS) is 17.6. The van der Waals surface area contributed by atoms with Crippen molar-refractivity contribution in [1.82, 2.24) is 16.0 Å². The molecule has 0 aromatic rings. The number of nitrogens with two attached hydrogens (primary N) is 1. The zero-order valence-electron chi connectivity index (χ0n) is 17.7. The van der Waals surface area contributed by atoms with Gasteiger partial charge in [-0.2, -0.15) is 0 Å². The summed E-state index contributed by atoms with van der Waals surface area (Å²) in [7, 11) is 0. The first-order chi connectivity index (χ1) is 13.2. The van der Waals surface area contributed by atoms with Gasteiger partial charge in [-0.25, -0.2) is 4.79 Å². The predicted molar refractivity (Wildman–Crippen MR) is 104 cm³/mol. The number of hydrogen-bond acceptors (Lipinski definition) is 7. The first kappa shape index (κ1) is 26.8. The third-order valence-electron chi connectivity index (χ3n) is 4.36. The van der Waals surface area contributed by atoms with Gasteiger partial charge in [0.25, 0.3) is 0 Å². The van der Waals surface area contributed by atoms with Gasteiger partial charge in [0.05, 0.1) is 12.2 Å². The summed E-state index contributed by atoms with van der Waals surface area (Å²) in [5, 5.41) is 35.2. The van der Waals surface area contributed by atoms with Crippen molar-refractivity contribution in [3.05, 3.63) is 0 Å². The number of aliphatic hydroxyl groups is 2. The van der Waals surface area contributed by atoms with Crippen LogP contribution in [0.2, 0.25) is 0 Å². The number of carboxylic acids is 1. The number of aliphatic carboxylic acids is 1. The summed E-state index contributed by atoms with van der Waals surface area (Å²) in [6, 6.07) is -4.90. The van der Waals surface area contributed by atoms with Crippen LogP contribution < -0.4 is 21.7 Å². The highest BCUT2D eigenvalue weighted by Crippen LogP contribution is 2.08. The average molecular weight is 418 g/mol. The van der Waals surface area contributed by atoms with Gasteiger partial charge in [-0.05, 0) is 25.7 Å². The number of nitrogens with one attached hydrogen (secondary N) is 3. The second-order valence-corrected chi connectivity index (χ2v) is 7.79. The van der Waals surface area contributed by atoms with Crippen LogP contribution in [0.3, 0.4) is 0 Å². The minimum absolute atomic E-state index is 0.361. The monoisotopic (exact) mass is 418 g/mol. The molecule has 0 aliphatic carbocycles. The highest BCUT2D eigenvalue weighted by Gasteiger charge is 2.34. The van der Waals surface area contributed by atoms with Gasteiger partial charge < -0.3 is 37.0 Å². The number of carbonyl (C=O) groups excluding carboxylic acids is 3. The molecule has 11 heteroatoms. The third-order valence-corrected chi connectivity index (χ3v) is 4.36.